The number of aryl methyl sites for hydroxylation is 1. The number of aromatic nitrogens is 5. The molecule has 0 spiro atoms. The standard InChI is InChI=1S/C22H17N5/c1-16-12-14-18(15-13-16)20-23-24-22-26(19-10-6-3-7-11-19)21(25-27(20)22)17-8-4-2-5-9-17/h2-15H,1H3. The van der Waals surface area contributed by atoms with Crippen LogP contribution >= 0.6 is 0 Å². The third kappa shape index (κ3) is 2.60. The second-order valence-electron chi connectivity index (χ2n) is 6.46. The normalized spacial score (nSPS) is 11.1. The molecule has 0 aliphatic carbocycles. The molecule has 0 aliphatic rings. The molecular formula is C22H17N5. The van der Waals surface area contributed by atoms with Crippen LogP contribution < -0.4 is 0 Å². The topological polar surface area (TPSA) is 48.0 Å². The van der Waals surface area contributed by atoms with E-state index < -0.39 is 0 Å². The van der Waals surface area contributed by atoms with E-state index in [0.717, 1.165) is 28.5 Å². The molecule has 0 amide bonds. The molecule has 0 unspecified atom stereocenters. The molecule has 5 heteroatoms. The molecule has 130 valence electrons. The minimum atomic E-state index is 0.690. The van der Waals surface area contributed by atoms with Gasteiger partial charge in [0.05, 0.1) is 5.69 Å². The van der Waals surface area contributed by atoms with Crippen molar-refractivity contribution in [2.75, 3.05) is 0 Å². The molecular weight excluding hydrogens is 334 g/mol. The highest BCUT2D eigenvalue weighted by Crippen LogP contribution is 2.27. The minimum absolute atomic E-state index is 0.690. The van der Waals surface area contributed by atoms with Crippen LogP contribution in [-0.4, -0.2) is 24.4 Å². The number of para-hydroxylation sites is 1. The van der Waals surface area contributed by atoms with Crippen LogP contribution in [0.1, 0.15) is 5.56 Å². The number of fused-ring (bicyclic) bond motifs is 1. The molecule has 2 heterocycles. The average Bonchev–Trinajstić information content (AvgIpc) is 3.29. The largest absolute Gasteiger partial charge is 0.259 e. The molecule has 2 aromatic heterocycles. The van der Waals surface area contributed by atoms with E-state index in [1.54, 1.807) is 0 Å². The molecule has 27 heavy (non-hydrogen) atoms. The van der Waals surface area contributed by atoms with Gasteiger partial charge in [0, 0.05) is 11.1 Å². The van der Waals surface area contributed by atoms with Gasteiger partial charge in [-0.25, -0.2) is 0 Å². The van der Waals surface area contributed by atoms with Crippen molar-refractivity contribution >= 4 is 5.78 Å². The third-order valence-corrected chi connectivity index (χ3v) is 4.59. The van der Waals surface area contributed by atoms with Gasteiger partial charge < -0.3 is 0 Å². The molecule has 0 bridgehead atoms. The summed E-state index contributed by atoms with van der Waals surface area (Å²) in [5, 5.41) is 13.7. The fraction of sp³-hybridized carbons (Fsp3) is 0.0455. The van der Waals surface area contributed by atoms with Crippen LogP contribution in [0.25, 0.3) is 34.2 Å². The van der Waals surface area contributed by atoms with Gasteiger partial charge in [-0.2, -0.15) is 4.52 Å². The second kappa shape index (κ2) is 6.21. The lowest BCUT2D eigenvalue weighted by atomic mass is 10.1. The Balaban J connectivity index is 1.79. The van der Waals surface area contributed by atoms with Crippen molar-refractivity contribution in [2.24, 2.45) is 0 Å². The smallest absolute Gasteiger partial charge is 0.259 e. The van der Waals surface area contributed by atoms with E-state index >= 15 is 0 Å². The highest BCUT2D eigenvalue weighted by atomic mass is 15.5. The van der Waals surface area contributed by atoms with Gasteiger partial charge in [0.25, 0.3) is 5.78 Å². The highest BCUT2D eigenvalue weighted by molar-refractivity contribution is 5.66. The Morgan fingerprint density at radius 1 is 0.630 bits per heavy atom. The fourth-order valence-corrected chi connectivity index (χ4v) is 3.21. The number of benzene rings is 3. The Morgan fingerprint density at radius 3 is 1.96 bits per heavy atom. The van der Waals surface area contributed by atoms with Crippen molar-refractivity contribution in [1.82, 2.24) is 24.4 Å². The summed E-state index contributed by atoms with van der Waals surface area (Å²) >= 11 is 0. The molecule has 0 fully saturated rings. The maximum Gasteiger partial charge on any atom is 0.259 e. The van der Waals surface area contributed by atoms with E-state index in [1.807, 2.05) is 57.6 Å². The van der Waals surface area contributed by atoms with Crippen LogP contribution in [0.4, 0.5) is 0 Å². The number of hydrogen-bond acceptors (Lipinski definition) is 3. The SMILES string of the molecule is Cc1ccc(-c2nnc3n(-c4ccccc4)c(-c4ccccc4)nn23)cc1. The number of hydrogen-bond donors (Lipinski definition) is 0. The van der Waals surface area contributed by atoms with Crippen molar-refractivity contribution < 1.29 is 0 Å². The molecule has 0 atom stereocenters. The summed E-state index contributed by atoms with van der Waals surface area (Å²) < 4.78 is 3.86. The van der Waals surface area contributed by atoms with Crippen LogP contribution in [0.3, 0.4) is 0 Å². The molecule has 0 saturated carbocycles. The van der Waals surface area contributed by atoms with Gasteiger partial charge in [0.1, 0.15) is 0 Å². The zero-order valence-electron chi connectivity index (χ0n) is 14.8. The van der Waals surface area contributed by atoms with Gasteiger partial charge in [-0.05, 0) is 19.1 Å². The summed E-state index contributed by atoms with van der Waals surface area (Å²) in [7, 11) is 0. The van der Waals surface area contributed by atoms with Crippen LogP contribution in [0.15, 0.2) is 84.9 Å². The van der Waals surface area contributed by atoms with E-state index in [-0.39, 0.29) is 0 Å². The maximum absolute atomic E-state index is 4.87. The van der Waals surface area contributed by atoms with Crippen LogP contribution in [0, 0.1) is 6.92 Å². The first kappa shape index (κ1) is 15.5. The summed E-state index contributed by atoms with van der Waals surface area (Å²) in [4.78, 5) is 0. The predicted octanol–water partition coefficient (Wildman–Crippen LogP) is 4.56. The van der Waals surface area contributed by atoms with Crippen molar-refractivity contribution in [3.63, 3.8) is 0 Å². The Hall–Kier alpha value is -3.73. The van der Waals surface area contributed by atoms with E-state index in [9.17, 15) is 0 Å². The molecule has 0 aliphatic heterocycles. The van der Waals surface area contributed by atoms with E-state index in [4.69, 9.17) is 5.10 Å². The maximum atomic E-state index is 4.87. The molecule has 5 rings (SSSR count). The quantitative estimate of drug-likeness (QED) is 0.479. The first-order valence-corrected chi connectivity index (χ1v) is 8.83. The lowest BCUT2D eigenvalue weighted by molar-refractivity contribution is 0.965. The van der Waals surface area contributed by atoms with Crippen molar-refractivity contribution in [1.29, 1.82) is 0 Å². The molecule has 0 saturated heterocycles. The average molecular weight is 351 g/mol. The van der Waals surface area contributed by atoms with Gasteiger partial charge in [-0.15, -0.1) is 15.3 Å². The molecule has 0 radical (unpaired) electrons. The first-order chi connectivity index (χ1) is 13.3. The van der Waals surface area contributed by atoms with Crippen LogP contribution in [-0.2, 0) is 0 Å². The Bertz CT molecular complexity index is 1200. The number of rotatable bonds is 3. The first-order valence-electron chi connectivity index (χ1n) is 8.83. The lowest BCUT2D eigenvalue weighted by Crippen LogP contribution is -1.98. The van der Waals surface area contributed by atoms with E-state index in [0.29, 0.717) is 5.78 Å². The number of nitrogens with zero attached hydrogens (tertiary/aromatic N) is 5. The minimum Gasteiger partial charge on any atom is -0.259 e. The lowest BCUT2D eigenvalue weighted by Gasteiger charge is -2.06. The predicted molar refractivity (Wildman–Crippen MR) is 106 cm³/mol. The summed E-state index contributed by atoms with van der Waals surface area (Å²) in [5.41, 5.74) is 4.23. The summed E-state index contributed by atoms with van der Waals surface area (Å²) in [6, 6.07) is 28.5. The van der Waals surface area contributed by atoms with Crippen LogP contribution in [0.2, 0.25) is 0 Å². The highest BCUT2D eigenvalue weighted by Gasteiger charge is 2.20. The van der Waals surface area contributed by atoms with Gasteiger partial charge in [-0.3, -0.25) is 4.57 Å². The van der Waals surface area contributed by atoms with Crippen molar-refractivity contribution in [3.05, 3.63) is 90.5 Å². The molecule has 0 N–H and O–H groups in total. The summed E-state index contributed by atoms with van der Waals surface area (Å²) in [6.45, 7) is 2.07. The summed E-state index contributed by atoms with van der Waals surface area (Å²) in [6.07, 6.45) is 0. The Labute approximate surface area is 156 Å². The van der Waals surface area contributed by atoms with Gasteiger partial charge in [-0.1, -0.05) is 78.4 Å². The zero-order chi connectivity index (χ0) is 18.2. The molecule has 5 nitrogen and oxygen atoms in total. The van der Waals surface area contributed by atoms with E-state index in [2.05, 4.69) is 53.5 Å². The Morgan fingerprint density at radius 2 is 1.26 bits per heavy atom. The van der Waals surface area contributed by atoms with Crippen molar-refractivity contribution in [2.45, 2.75) is 6.92 Å². The third-order valence-electron chi connectivity index (χ3n) is 4.59. The van der Waals surface area contributed by atoms with Gasteiger partial charge >= 0.3 is 0 Å². The molecule has 5 aromatic rings. The van der Waals surface area contributed by atoms with Gasteiger partial charge in [0.2, 0.25) is 0 Å². The monoisotopic (exact) mass is 351 g/mol. The van der Waals surface area contributed by atoms with Crippen LogP contribution in [0.5, 0.6) is 0 Å². The molecule has 3 aromatic carbocycles. The summed E-state index contributed by atoms with van der Waals surface area (Å²) in [5.74, 6) is 2.26. The van der Waals surface area contributed by atoms with Crippen molar-refractivity contribution in [3.8, 4) is 28.5 Å². The zero-order valence-corrected chi connectivity index (χ0v) is 14.8. The van der Waals surface area contributed by atoms with Gasteiger partial charge in [0.15, 0.2) is 11.6 Å². The fourth-order valence-electron chi connectivity index (χ4n) is 3.21. The second-order valence-corrected chi connectivity index (χ2v) is 6.46. The Kier molecular flexibility index (Phi) is 3.57. The van der Waals surface area contributed by atoms with E-state index in [1.165, 1.54) is 5.56 Å².